The Morgan fingerprint density at radius 3 is 2.54 bits per heavy atom. The molecule has 0 bridgehead atoms. The summed E-state index contributed by atoms with van der Waals surface area (Å²) in [6.07, 6.45) is 0.768. The molecule has 0 aliphatic rings. The molecule has 0 fully saturated rings. The summed E-state index contributed by atoms with van der Waals surface area (Å²) in [6, 6.07) is 9.34. The lowest BCUT2D eigenvalue weighted by atomic mass is 10.3. The van der Waals surface area contributed by atoms with E-state index in [2.05, 4.69) is 15.3 Å². The van der Waals surface area contributed by atoms with E-state index >= 15 is 0 Å². The molecule has 2 aromatic rings. The van der Waals surface area contributed by atoms with Gasteiger partial charge in [-0.15, -0.1) is 0 Å². The first-order valence-electron chi connectivity index (χ1n) is 7.79. The maximum atomic E-state index is 12.3. The predicted molar refractivity (Wildman–Crippen MR) is 89.5 cm³/mol. The molecule has 0 saturated heterocycles. The number of benzene rings is 1. The molecule has 24 heavy (non-hydrogen) atoms. The molecule has 0 radical (unpaired) electrons. The Labute approximate surface area is 141 Å². The summed E-state index contributed by atoms with van der Waals surface area (Å²) in [6.45, 7) is 6.18. The molecule has 0 spiro atoms. The number of hydrogen-bond acceptors (Lipinski definition) is 6. The fourth-order valence-corrected chi connectivity index (χ4v) is 1.87. The molecule has 1 unspecified atom stereocenters. The first-order chi connectivity index (χ1) is 11.6. The van der Waals surface area contributed by atoms with Gasteiger partial charge in [-0.25, -0.2) is 4.98 Å². The smallest absolute Gasteiger partial charge is 0.319 e. The number of rotatable bonds is 8. The fraction of sp³-hybridized carbons (Fsp3) is 0.353. The van der Waals surface area contributed by atoms with Crippen LogP contribution in [-0.4, -0.2) is 35.2 Å². The third-order valence-electron chi connectivity index (χ3n) is 2.97. The van der Waals surface area contributed by atoms with Crippen molar-refractivity contribution >= 4 is 11.6 Å². The zero-order valence-corrected chi connectivity index (χ0v) is 14.0. The number of anilines is 1. The first kappa shape index (κ1) is 17.5. The molecule has 1 aromatic carbocycles. The molecular formula is C17H21N3O4. The number of para-hydroxylation sites is 1. The van der Waals surface area contributed by atoms with Crippen molar-refractivity contribution in [2.24, 2.45) is 0 Å². The molecule has 1 heterocycles. The first-order valence-corrected chi connectivity index (χ1v) is 7.79. The van der Waals surface area contributed by atoms with E-state index in [0.29, 0.717) is 24.7 Å². The average Bonchev–Trinajstić information content (AvgIpc) is 2.58. The van der Waals surface area contributed by atoms with Crippen molar-refractivity contribution in [2.45, 2.75) is 26.9 Å². The summed E-state index contributed by atoms with van der Waals surface area (Å²) < 4.78 is 16.3. The highest BCUT2D eigenvalue weighted by atomic mass is 16.5. The number of carbonyl (C=O) groups is 1. The molecule has 1 aromatic heterocycles. The van der Waals surface area contributed by atoms with Crippen molar-refractivity contribution in [3.05, 3.63) is 36.5 Å². The van der Waals surface area contributed by atoms with Gasteiger partial charge in [-0.1, -0.05) is 18.2 Å². The molecule has 7 nitrogen and oxygen atoms in total. The molecule has 1 amide bonds. The molecule has 0 aliphatic heterocycles. The quantitative estimate of drug-likeness (QED) is 0.801. The third kappa shape index (κ3) is 4.84. The summed E-state index contributed by atoms with van der Waals surface area (Å²) in [5, 5.41) is 2.72. The van der Waals surface area contributed by atoms with Gasteiger partial charge in [0.15, 0.2) is 6.10 Å². The molecule has 1 N–H and O–H groups in total. The van der Waals surface area contributed by atoms with Crippen LogP contribution in [0, 0.1) is 0 Å². The van der Waals surface area contributed by atoms with Gasteiger partial charge in [-0.3, -0.25) is 4.79 Å². The van der Waals surface area contributed by atoms with E-state index in [-0.39, 0.29) is 17.8 Å². The number of nitrogens with one attached hydrogen (secondary N) is 1. The van der Waals surface area contributed by atoms with Crippen LogP contribution in [0.15, 0.2) is 36.5 Å². The van der Waals surface area contributed by atoms with Gasteiger partial charge in [0.2, 0.25) is 5.88 Å². The Kier molecular flexibility index (Phi) is 6.36. The average molecular weight is 331 g/mol. The van der Waals surface area contributed by atoms with E-state index in [4.69, 9.17) is 14.2 Å². The maximum absolute atomic E-state index is 12.3. The number of hydrogen-bond donors (Lipinski definition) is 1. The van der Waals surface area contributed by atoms with Crippen LogP contribution < -0.4 is 19.5 Å². The van der Waals surface area contributed by atoms with Gasteiger partial charge in [0, 0.05) is 0 Å². The summed E-state index contributed by atoms with van der Waals surface area (Å²) in [5.41, 5.74) is 0.369. The van der Waals surface area contributed by atoms with Crippen LogP contribution in [-0.2, 0) is 4.79 Å². The van der Waals surface area contributed by atoms with E-state index in [1.165, 1.54) is 6.20 Å². The van der Waals surface area contributed by atoms with Gasteiger partial charge in [0.05, 0.1) is 19.4 Å². The highest BCUT2D eigenvalue weighted by molar-refractivity contribution is 5.95. The lowest BCUT2D eigenvalue weighted by molar-refractivity contribution is -0.122. The van der Waals surface area contributed by atoms with Crippen LogP contribution in [0.3, 0.4) is 0 Å². The highest BCUT2D eigenvalue weighted by Crippen LogP contribution is 2.23. The van der Waals surface area contributed by atoms with E-state index in [1.54, 1.807) is 19.1 Å². The minimum Gasteiger partial charge on any atom is -0.481 e. The second-order valence-electron chi connectivity index (χ2n) is 4.80. The van der Waals surface area contributed by atoms with E-state index in [9.17, 15) is 4.79 Å². The topological polar surface area (TPSA) is 82.6 Å². The van der Waals surface area contributed by atoms with Crippen LogP contribution in [0.4, 0.5) is 5.69 Å². The largest absolute Gasteiger partial charge is 0.481 e. The van der Waals surface area contributed by atoms with E-state index in [0.717, 1.165) is 0 Å². The van der Waals surface area contributed by atoms with Crippen LogP contribution >= 0.6 is 0 Å². The summed E-state index contributed by atoms with van der Waals surface area (Å²) >= 11 is 0. The molecule has 7 heteroatoms. The molecule has 0 aliphatic carbocycles. The Morgan fingerprint density at radius 1 is 1.17 bits per heavy atom. The normalized spacial score (nSPS) is 11.5. The third-order valence-corrected chi connectivity index (χ3v) is 2.97. The maximum Gasteiger partial charge on any atom is 0.319 e. The van der Waals surface area contributed by atoms with Crippen molar-refractivity contribution < 1.29 is 19.0 Å². The Bertz CT molecular complexity index is 664. The number of carbonyl (C=O) groups excluding carboxylic acids is 1. The minimum absolute atomic E-state index is 0.201. The van der Waals surface area contributed by atoms with Crippen molar-refractivity contribution in [2.75, 3.05) is 18.5 Å². The number of nitrogens with zero attached hydrogens (tertiary/aromatic N) is 2. The van der Waals surface area contributed by atoms with Gasteiger partial charge in [-0.05, 0) is 32.9 Å². The lowest BCUT2D eigenvalue weighted by Gasteiger charge is -2.16. The van der Waals surface area contributed by atoms with Gasteiger partial charge in [0.1, 0.15) is 11.4 Å². The predicted octanol–water partition coefficient (Wildman–Crippen LogP) is 2.68. The lowest BCUT2D eigenvalue weighted by Crippen LogP contribution is -2.30. The summed E-state index contributed by atoms with van der Waals surface area (Å²) in [5.74, 6) is 0.553. The van der Waals surface area contributed by atoms with Crippen molar-refractivity contribution in [1.29, 1.82) is 0 Å². The van der Waals surface area contributed by atoms with Gasteiger partial charge in [-0.2, -0.15) is 4.98 Å². The second kappa shape index (κ2) is 8.71. The zero-order chi connectivity index (χ0) is 17.4. The number of ether oxygens (including phenoxy) is 3. The highest BCUT2D eigenvalue weighted by Gasteiger charge is 2.18. The van der Waals surface area contributed by atoms with Crippen molar-refractivity contribution in [3.8, 4) is 17.6 Å². The van der Waals surface area contributed by atoms with Crippen molar-refractivity contribution in [1.82, 2.24) is 9.97 Å². The summed E-state index contributed by atoms with van der Waals surface area (Å²) in [7, 11) is 0. The van der Waals surface area contributed by atoms with Crippen molar-refractivity contribution in [3.63, 3.8) is 0 Å². The molecule has 1 atom stereocenters. The van der Waals surface area contributed by atoms with Crippen LogP contribution in [0.2, 0.25) is 0 Å². The zero-order valence-electron chi connectivity index (χ0n) is 14.0. The van der Waals surface area contributed by atoms with E-state index < -0.39 is 6.10 Å². The Morgan fingerprint density at radius 2 is 1.88 bits per heavy atom. The summed E-state index contributed by atoms with van der Waals surface area (Å²) in [4.78, 5) is 20.5. The minimum atomic E-state index is -0.687. The van der Waals surface area contributed by atoms with Crippen LogP contribution in [0.5, 0.6) is 17.6 Å². The second-order valence-corrected chi connectivity index (χ2v) is 4.80. The number of amides is 1. The van der Waals surface area contributed by atoms with Gasteiger partial charge >= 0.3 is 6.01 Å². The fourth-order valence-electron chi connectivity index (χ4n) is 1.87. The monoisotopic (exact) mass is 331 g/mol. The molecule has 128 valence electrons. The number of aromatic nitrogens is 2. The van der Waals surface area contributed by atoms with Gasteiger partial charge in [0.25, 0.3) is 5.91 Å². The van der Waals surface area contributed by atoms with Gasteiger partial charge < -0.3 is 19.5 Å². The molecule has 2 rings (SSSR count). The SMILES string of the molecule is CCOc1ncc(NC(=O)C(C)Oc2ccccc2)c(OCC)n1. The van der Waals surface area contributed by atoms with Crippen LogP contribution in [0.1, 0.15) is 20.8 Å². The Balaban J connectivity index is 2.06. The Hall–Kier alpha value is -2.83. The molecule has 0 saturated carbocycles. The van der Waals surface area contributed by atoms with E-state index in [1.807, 2.05) is 32.0 Å². The molecular weight excluding hydrogens is 310 g/mol. The standard InChI is InChI=1S/C17H21N3O4/c1-4-22-16-14(11-18-17(20-16)23-5-2)19-15(21)12(3)24-13-9-7-6-8-10-13/h6-12H,4-5H2,1-3H3,(H,19,21). The van der Waals surface area contributed by atoms with Crippen LogP contribution in [0.25, 0.3) is 0 Å².